The summed E-state index contributed by atoms with van der Waals surface area (Å²) in [6.45, 7) is 6.66. The smallest absolute Gasteiger partial charge is 0.239 e. The van der Waals surface area contributed by atoms with Crippen molar-refractivity contribution in [2.45, 2.75) is 97.4 Å². The third kappa shape index (κ3) is 8.23. The fourth-order valence-electron chi connectivity index (χ4n) is 4.24. The minimum Gasteiger partial charge on any atom is -0.322 e. The van der Waals surface area contributed by atoms with Crippen LogP contribution in [0.4, 0.5) is 5.69 Å². The highest BCUT2D eigenvalue weighted by molar-refractivity contribution is 5.98. The summed E-state index contributed by atoms with van der Waals surface area (Å²) in [5, 5.41) is 16.1. The van der Waals surface area contributed by atoms with E-state index < -0.39 is 5.92 Å². The lowest BCUT2D eigenvalue weighted by Gasteiger charge is -2.16. The number of aromatic nitrogens is 6. The van der Waals surface area contributed by atoms with Crippen LogP contribution in [0.2, 0.25) is 0 Å². The Bertz CT molecular complexity index is 1010. The monoisotopic (exact) mass is 477 g/mol. The van der Waals surface area contributed by atoms with Crippen molar-refractivity contribution in [1.82, 2.24) is 30.2 Å². The molecule has 1 aromatic carbocycles. The van der Waals surface area contributed by atoms with Crippen LogP contribution < -0.4 is 5.32 Å². The van der Waals surface area contributed by atoms with Gasteiger partial charge in [-0.15, -0.1) is 10.2 Å². The molecule has 0 fully saturated rings. The Hall–Kier alpha value is -3.16. The number of nitrogens with zero attached hydrogens (tertiary/aromatic N) is 6. The summed E-state index contributed by atoms with van der Waals surface area (Å²) in [7, 11) is 0. The maximum Gasteiger partial charge on any atom is 0.239 e. The van der Waals surface area contributed by atoms with Crippen molar-refractivity contribution in [3.05, 3.63) is 59.4 Å². The minimum atomic E-state index is -0.670. The van der Waals surface area contributed by atoms with E-state index in [1.165, 1.54) is 57.7 Å². The molecule has 8 nitrogen and oxygen atoms in total. The van der Waals surface area contributed by atoms with Crippen LogP contribution in [0.3, 0.4) is 0 Å². The number of hydrogen-bond donors (Lipinski definition) is 1. The molecule has 0 radical (unpaired) electrons. The van der Waals surface area contributed by atoms with Gasteiger partial charge in [-0.05, 0) is 31.0 Å². The average Bonchev–Trinajstić information content (AvgIpc) is 3.32. The van der Waals surface area contributed by atoms with E-state index in [2.05, 4.69) is 37.6 Å². The van der Waals surface area contributed by atoms with E-state index in [1.54, 1.807) is 4.80 Å². The molecule has 0 aliphatic carbocycles. The van der Waals surface area contributed by atoms with E-state index in [1.807, 2.05) is 44.2 Å². The molecule has 1 amide bonds. The van der Waals surface area contributed by atoms with Gasteiger partial charge in [-0.25, -0.2) is 9.97 Å². The Kier molecular flexibility index (Phi) is 10.8. The van der Waals surface area contributed by atoms with Crippen LogP contribution >= 0.6 is 0 Å². The maximum absolute atomic E-state index is 13.4. The maximum atomic E-state index is 13.4. The summed E-state index contributed by atoms with van der Waals surface area (Å²) >= 11 is 0. The van der Waals surface area contributed by atoms with Crippen molar-refractivity contribution in [3.63, 3.8) is 0 Å². The van der Waals surface area contributed by atoms with E-state index >= 15 is 0 Å². The predicted octanol–water partition coefficient (Wildman–Crippen LogP) is 5.77. The van der Waals surface area contributed by atoms with Crippen molar-refractivity contribution < 1.29 is 4.79 Å². The minimum absolute atomic E-state index is 0.226. The van der Waals surface area contributed by atoms with Crippen molar-refractivity contribution in [2.75, 3.05) is 5.32 Å². The SMILES string of the molecule is CCCCCCCCCCCCn1nnc([C@H](C(=O)Nc2c(C)ncnc2C)c2ccccc2)n1. The molecule has 0 aliphatic heterocycles. The van der Waals surface area contributed by atoms with Crippen molar-refractivity contribution in [2.24, 2.45) is 0 Å². The van der Waals surface area contributed by atoms with Crippen LogP contribution in [0, 0.1) is 13.8 Å². The highest BCUT2D eigenvalue weighted by atomic mass is 16.2. The van der Waals surface area contributed by atoms with E-state index in [4.69, 9.17) is 0 Å². The molecule has 188 valence electrons. The molecule has 2 aromatic heterocycles. The van der Waals surface area contributed by atoms with E-state index in [9.17, 15) is 4.79 Å². The second-order valence-corrected chi connectivity index (χ2v) is 9.18. The third-order valence-corrected chi connectivity index (χ3v) is 6.31. The quantitative estimate of drug-likeness (QED) is 0.279. The molecule has 0 bridgehead atoms. The number of nitrogens with one attached hydrogen (secondary N) is 1. The normalized spacial score (nSPS) is 12.0. The largest absolute Gasteiger partial charge is 0.322 e. The molecule has 0 saturated carbocycles. The number of anilines is 1. The van der Waals surface area contributed by atoms with Gasteiger partial charge in [0.2, 0.25) is 5.91 Å². The lowest BCUT2D eigenvalue weighted by molar-refractivity contribution is -0.116. The van der Waals surface area contributed by atoms with Gasteiger partial charge in [0, 0.05) is 0 Å². The van der Waals surface area contributed by atoms with Crippen LogP contribution in [0.5, 0.6) is 0 Å². The number of hydrogen-bond acceptors (Lipinski definition) is 6. The highest BCUT2D eigenvalue weighted by Crippen LogP contribution is 2.25. The van der Waals surface area contributed by atoms with Gasteiger partial charge in [0.05, 0.1) is 23.6 Å². The summed E-state index contributed by atoms with van der Waals surface area (Å²) in [6, 6.07) is 9.56. The van der Waals surface area contributed by atoms with Crippen LogP contribution in [-0.4, -0.2) is 36.1 Å². The first-order chi connectivity index (χ1) is 17.1. The number of unbranched alkanes of at least 4 members (excludes halogenated alkanes) is 9. The molecular weight excluding hydrogens is 438 g/mol. The predicted molar refractivity (Wildman–Crippen MR) is 138 cm³/mol. The first kappa shape index (κ1) is 26.4. The number of carbonyl (C=O) groups is 1. The fraction of sp³-hybridized carbons (Fsp3) is 0.556. The van der Waals surface area contributed by atoms with E-state index in [0.29, 0.717) is 18.1 Å². The zero-order chi connectivity index (χ0) is 24.9. The van der Waals surface area contributed by atoms with Gasteiger partial charge in [0.1, 0.15) is 12.2 Å². The third-order valence-electron chi connectivity index (χ3n) is 6.31. The van der Waals surface area contributed by atoms with Gasteiger partial charge in [0.25, 0.3) is 0 Å². The standard InChI is InChI=1S/C27H39N7O/c1-4-5-6-7-8-9-10-11-12-16-19-34-32-26(31-33-34)24(23-17-14-13-15-18-23)27(35)30-25-21(2)28-20-29-22(25)3/h13-15,17-18,20,24H,4-12,16,19H2,1-3H3,(H,30,35)/t24-/m1/s1. The summed E-state index contributed by atoms with van der Waals surface area (Å²) < 4.78 is 0. The summed E-state index contributed by atoms with van der Waals surface area (Å²) in [4.78, 5) is 23.4. The van der Waals surface area contributed by atoms with Crippen LogP contribution in [0.25, 0.3) is 0 Å². The molecule has 1 N–H and O–H groups in total. The van der Waals surface area contributed by atoms with Gasteiger partial charge in [0.15, 0.2) is 5.82 Å². The zero-order valence-electron chi connectivity index (χ0n) is 21.4. The second-order valence-electron chi connectivity index (χ2n) is 9.18. The number of benzene rings is 1. The van der Waals surface area contributed by atoms with Gasteiger partial charge in [-0.2, -0.15) is 4.80 Å². The number of amides is 1. The Morgan fingerprint density at radius 3 is 2.11 bits per heavy atom. The molecule has 3 aromatic rings. The molecule has 0 aliphatic rings. The van der Waals surface area contributed by atoms with Gasteiger partial charge in [-0.3, -0.25) is 4.79 Å². The molecule has 0 unspecified atom stereocenters. The number of rotatable bonds is 15. The van der Waals surface area contributed by atoms with Crippen molar-refractivity contribution in [1.29, 1.82) is 0 Å². The lowest BCUT2D eigenvalue weighted by atomic mass is 9.97. The van der Waals surface area contributed by atoms with Crippen molar-refractivity contribution in [3.8, 4) is 0 Å². The van der Waals surface area contributed by atoms with E-state index in [-0.39, 0.29) is 5.91 Å². The Labute approximate surface area is 209 Å². The van der Waals surface area contributed by atoms with Crippen LogP contribution in [0.1, 0.15) is 99.8 Å². The molecule has 3 rings (SSSR count). The summed E-state index contributed by atoms with van der Waals surface area (Å²) in [5.41, 5.74) is 2.87. The molecule has 0 saturated heterocycles. The molecule has 0 spiro atoms. The molecular formula is C27H39N7O. The lowest BCUT2D eigenvalue weighted by Crippen LogP contribution is -2.24. The van der Waals surface area contributed by atoms with Gasteiger partial charge in [-0.1, -0.05) is 95.0 Å². The Morgan fingerprint density at radius 1 is 0.886 bits per heavy atom. The number of tetrazole rings is 1. The molecule has 2 heterocycles. The topological polar surface area (TPSA) is 98.5 Å². The molecule has 35 heavy (non-hydrogen) atoms. The molecule has 1 atom stereocenters. The Balaban J connectivity index is 1.56. The zero-order valence-corrected chi connectivity index (χ0v) is 21.4. The van der Waals surface area contributed by atoms with Gasteiger partial charge < -0.3 is 5.32 Å². The Morgan fingerprint density at radius 2 is 1.49 bits per heavy atom. The van der Waals surface area contributed by atoms with Crippen LogP contribution in [0.15, 0.2) is 36.7 Å². The number of aryl methyl sites for hydroxylation is 3. The average molecular weight is 478 g/mol. The van der Waals surface area contributed by atoms with Crippen molar-refractivity contribution >= 4 is 11.6 Å². The first-order valence-electron chi connectivity index (χ1n) is 13.0. The summed E-state index contributed by atoms with van der Waals surface area (Å²) in [5.74, 6) is -0.500. The second kappa shape index (κ2) is 14.3. The number of carbonyl (C=O) groups excluding carboxylic acids is 1. The van der Waals surface area contributed by atoms with E-state index in [0.717, 1.165) is 29.8 Å². The van der Waals surface area contributed by atoms with Crippen LogP contribution in [-0.2, 0) is 11.3 Å². The van der Waals surface area contributed by atoms with Gasteiger partial charge >= 0.3 is 0 Å². The summed E-state index contributed by atoms with van der Waals surface area (Å²) in [6.07, 6.45) is 14.3. The molecule has 8 heteroatoms. The fourth-order valence-corrected chi connectivity index (χ4v) is 4.24. The highest BCUT2D eigenvalue weighted by Gasteiger charge is 2.28. The first-order valence-corrected chi connectivity index (χ1v) is 13.0.